The fourth-order valence-electron chi connectivity index (χ4n) is 1.38. The first-order chi connectivity index (χ1) is 8.40. The molecule has 0 aliphatic heterocycles. The standard InChI is InChI=1S/C14H9N3/c15-17-16-14-9-5-4-8-13(14)11-10-12-6-2-1-3-7-12/h1-9H. The maximum absolute atomic E-state index is 8.44. The molecule has 0 aliphatic rings. The van der Waals surface area contributed by atoms with E-state index in [1.165, 1.54) is 0 Å². The van der Waals surface area contributed by atoms with Gasteiger partial charge in [-0.1, -0.05) is 53.4 Å². The molecule has 0 spiro atoms. The molecule has 80 valence electrons. The quantitative estimate of drug-likeness (QED) is 0.301. The minimum absolute atomic E-state index is 0.554. The monoisotopic (exact) mass is 219 g/mol. The highest BCUT2D eigenvalue weighted by molar-refractivity contribution is 5.56. The molecule has 0 aromatic heterocycles. The van der Waals surface area contributed by atoms with Crippen LogP contribution < -0.4 is 0 Å². The van der Waals surface area contributed by atoms with Crippen molar-refractivity contribution in [1.82, 2.24) is 0 Å². The molecule has 0 saturated heterocycles. The second-order valence-corrected chi connectivity index (χ2v) is 3.32. The normalized spacial score (nSPS) is 8.71. The van der Waals surface area contributed by atoms with Gasteiger partial charge in [-0.15, -0.1) is 0 Å². The van der Waals surface area contributed by atoms with E-state index in [0.717, 1.165) is 11.1 Å². The van der Waals surface area contributed by atoms with E-state index in [-0.39, 0.29) is 0 Å². The van der Waals surface area contributed by atoms with E-state index in [4.69, 9.17) is 5.53 Å². The van der Waals surface area contributed by atoms with Crippen LogP contribution in [0.15, 0.2) is 59.7 Å². The van der Waals surface area contributed by atoms with Crippen molar-refractivity contribution in [2.24, 2.45) is 5.11 Å². The van der Waals surface area contributed by atoms with Crippen LogP contribution in [0.5, 0.6) is 0 Å². The summed E-state index contributed by atoms with van der Waals surface area (Å²) >= 11 is 0. The average molecular weight is 219 g/mol. The Morgan fingerprint density at radius 2 is 1.59 bits per heavy atom. The molecular weight excluding hydrogens is 210 g/mol. The minimum Gasteiger partial charge on any atom is -0.0622 e. The smallest absolute Gasteiger partial charge is 0.0532 e. The van der Waals surface area contributed by atoms with Crippen molar-refractivity contribution >= 4 is 5.69 Å². The van der Waals surface area contributed by atoms with Crippen LogP contribution in [0.4, 0.5) is 5.69 Å². The highest BCUT2D eigenvalue weighted by Crippen LogP contribution is 2.17. The molecule has 0 unspecified atom stereocenters. The van der Waals surface area contributed by atoms with Crippen LogP contribution in [-0.4, -0.2) is 0 Å². The Hall–Kier alpha value is -2.69. The molecular formula is C14H9N3. The summed E-state index contributed by atoms with van der Waals surface area (Å²) in [5, 5.41) is 3.60. The van der Waals surface area contributed by atoms with E-state index in [1.54, 1.807) is 6.07 Å². The van der Waals surface area contributed by atoms with Gasteiger partial charge in [0.1, 0.15) is 0 Å². The van der Waals surface area contributed by atoms with Crippen molar-refractivity contribution in [2.45, 2.75) is 0 Å². The molecule has 2 aromatic carbocycles. The first-order valence-corrected chi connectivity index (χ1v) is 5.11. The van der Waals surface area contributed by atoms with E-state index in [0.29, 0.717) is 5.69 Å². The van der Waals surface area contributed by atoms with Crippen molar-refractivity contribution in [2.75, 3.05) is 0 Å². The summed E-state index contributed by atoms with van der Waals surface area (Å²) < 4.78 is 0. The summed E-state index contributed by atoms with van der Waals surface area (Å²) in [4.78, 5) is 2.78. The Kier molecular flexibility index (Phi) is 3.44. The number of hydrogen-bond acceptors (Lipinski definition) is 1. The van der Waals surface area contributed by atoms with Crippen molar-refractivity contribution in [3.63, 3.8) is 0 Å². The van der Waals surface area contributed by atoms with E-state index in [2.05, 4.69) is 21.9 Å². The van der Waals surface area contributed by atoms with Crippen molar-refractivity contribution < 1.29 is 0 Å². The van der Waals surface area contributed by atoms with Crippen LogP contribution in [-0.2, 0) is 0 Å². The van der Waals surface area contributed by atoms with E-state index in [9.17, 15) is 0 Å². The SMILES string of the molecule is [N-]=[N+]=Nc1ccccc1C#Cc1ccccc1. The number of rotatable bonds is 1. The summed E-state index contributed by atoms with van der Waals surface area (Å²) in [5.41, 5.74) is 10.7. The average Bonchev–Trinajstić information content (AvgIpc) is 2.39. The van der Waals surface area contributed by atoms with E-state index >= 15 is 0 Å². The zero-order chi connectivity index (χ0) is 11.9. The molecule has 0 aliphatic carbocycles. The third-order valence-electron chi connectivity index (χ3n) is 2.17. The maximum atomic E-state index is 8.44. The second kappa shape index (κ2) is 5.41. The summed E-state index contributed by atoms with van der Waals surface area (Å²) in [5.74, 6) is 6.03. The van der Waals surface area contributed by atoms with Crippen LogP contribution >= 0.6 is 0 Å². The van der Waals surface area contributed by atoms with Gasteiger partial charge in [0.2, 0.25) is 0 Å². The minimum atomic E-state index is 0.554. The molecule has 3 heteroatoms. The Balaban J connectivity index is 2.37. The topological polar surface area (TPSA) is 48.8 Å². The number of nitrogens with zero attached hydrogens (tertiary/aromatic N) is 3. The molecule has 0 atom stereocenters. The fraction of sp³-hybridized carbons (Fsp3) is 0. The predicted molar refractivity (Wildman–Crippen MR) is 67.7 cm³/mol. The molecule has 0 amide bonds. The van der Waals surface area contributed by atoms with Gasteiger partial charge < -0.3 is 0 Å². The van der Waals surface area contributed by atoms with Crippen molar-refractivity contribution in [3.8, 4) is 11.8 Å². The molecule has 0 bridgehead atoms. The number of hydrogen-bond donors (Lipinski definition) is 0. The third-order valence-corrected chi connectivity index (χ3v) is 2.17. The lowest BCUT2D eigenvalue weighted by atomic mass is 10.1. The molecule has 17 heavy (non-hydrogen) atoms. The molecule has 0 radical (unpaired) electrons. The Bertz CT molecular complexity index is 615. The lowest BCUT2D eigenvalue weighted by Gasteiger charge is -1.94. The van der Waals surface area contributed by atoms with Gasteiger partial charge in [-0.3, -0.25) is 0 Å². The Morgan fingerprint density at radius 3 is 2.35 bits per heavy atom. The first kappa shape index (κ1) is 10.8. The third kappa shape index (κ3) is 2.88. The van der Waals surface area contributed by atoms with Crippen molar-refractivity contribution in [3.05, 3.63) is 76.2 Å². The predicted octanol–water partition coefficient (Wildman–Crippen LogP) is 4.03. The molecule has 0 fully saturated rings. The lowest BCUT2D eigenvalue weighted by molar-refractivity contribution is 1.45. The zero-order valence-corrected chi connectivity index (χ0v) is 9.04. The largest absolute Gasteiger partial charge is 0.0622 e. The van der Waals surface area contributed by atoms with Gasteiger partial charge in [0, 0.05) is 16.0 Å². The summed E-state index contributed by atoms with van der Waals surface area (Å²) in [7, 11) is 0. The van der Waals surface area contributed by atoms with Gasteiger partial charge >= 0.3 is 0 Å². The summed E-state index contributed by atoms with van der Waals surface area (Å²) in [6.07, 6.45) is 0. The van der Waals surface area contributed by atoms with Crippen molar-refractivity contribution in [1.29, 1.82) is 0 Å². The Labute approximate surface area is 99.4 Å². The van der Waals surface area contributed by atoms with Gasteiger partial charge in [0.05, 0.1) is 5.69 Å². The number of azide groups is 1. The Morgan fingerprint density at radius 1 is 0.882 bits per heavy atom. The number of benzene rings is 2. The molecule has 0 heterocycles. The molecule has 2 rings (SSSR count). The van der Waals surface area contributed by atoms with Gasteiger partial charge in [-0.2, -0.15) is 0 Å². The van der Waals surface area contributed by atoms with Crippen LogP contribution in [0, 0.1) is 11.8 Å². The zero-order valence-electron chi connectivity index (χ0n) is 9.04. The van der Waals surface area contributed by atoms with Gasteiger partial charge in [-0.25, -0.2) is 0 Å². The highest BCUT2D eigenvalue weighted by Gasteiger charge is 1.94. The second-order valence-electron chi connectivity index (χ2n) is 3.32. The van der Waals surface area contributed by atoms with Crippen LogP contribution in [0.3, 0.4) is 0 Å². The van der Waals surface area contributed by atoms with Crippen LogP contribution in [0.25, 0.3) is 10.4 Å². The van der Waals surface area contributed by atoms with Crippen LogP contribution in [0.2, 0.25) is 0 Å². The molecule has 3 nitrogen and oxygen atoms in total. The van der Waals surface area contributed by atoms with E-state index in [1.807, 2.05) is 48.5 Å². The summed E-state index contributed by atoms with van der Waals surface area (Å²) in [6, 6.07) is 16.9. The molecule has 0 N–H and O–H groups in total. The van der Waals surface area contributed by atoms with E-state index < -0.39 is 0 Å². The van der Waals surface area contributed by atoms with Crippen LogP contribution in [0.1, 0.15) is 11.1 Å². The van der Waals surface area contributed by atoms with Gasteiger partial charge in [-0.05, 0) is 23.7 Å². The van der Waals surface area contributed by atoms with Gasteiger partial charge in [0.15, 0.2) is 0 Å². The fourth-order valence-corrected chi connectivity index (χ4v) is 1.38. The van der Waals surface area contributed by atoms with Gasteiger partial charge in [0.25, 0.3) is 0 Å². The molecule has 2 aromatic rings. The highest BCUT2D eigenvalue weighted by atomic mass is 15.1. The maximum Gasteiger partial charge on any atom is 0.0532 e. The molecule has 0 saturated carbocycles. The first-order valence-electron chi connectivity index (χ1n) is 5.11. The summed E-state index contributed by atoms with van der Waals surface area (Å²) in [6.45, 7) is 0. The lowest BCUT2D eigenvalue weighted by Crippen LogP contribution is -1.76.